The summed E-state index contributed by atoms with van der Waals surface area (Å²) in [6, 6.07) is 11.8. The molecule has 0 fully saturated rings. The maximum atomic E-state index is 12.2. The minimum Gasteiger partial charge on any atom is -0.391 e. The number of aliphatic hydroxyl groups excluding tert-OH is 1. The summed E-state index contributed by atoms with van der Waals surface area (Å²) in [5, 5.41) is 14.5. The number of benzene rings is 1. The lowest BCUT2D eigenvalue weighted by Gasteiger charge is -2.15. The molecule has 1 aromatic heterocycles. The summed E-state index contributed by atoms with van der Waals surface area (Å²) < 4.78 is 0. The van der Waals surface area contributed by atoms with Gasteiger partial charge in [-0.25, -0.2) is 0 Å². The van der Waals surface area contributed by atoms with Crippen molar-refractivity contribution in [1.29, 1.82) is 0 Å². The van der Waals surface area contributed by atoms with Crippen LogP contribution in [0.25, 0.3) is 11.1 Å². The summed E-state index contributed by atoms with van der Waals surface area (Å²) in [5.74, 6) is 0.00535. The first-order chi connectivity index (χ1) is 9.59. The number of nitrogens with one attached hydrogen (secondary N) is 1. The van der Waals surface area contributed by atoms with Gasteiger partial charge in [-0.1, -0.05) is 44.2 Å². The molecule has 0 bridgehead atoms. The Hall–Kier alpha value is -1.65. The first-order valence-electron chi connectivity index (χ1n) is 6.68. The fraction of sp³-hybridized carbons (Fsp3) is 0.312. The first kappa shape index (κ1) is 14.8. The Morgan fingerprint density at radius 1 is 1.25 bits per heavy atom. The first-order valence-corrected chi connectivity index (χ1v) is 7.56. The van der Waals surface area contributed by atoms with Crippen molar-refractivity contribution in [1.82, 2.24) is 5.32 Å². The molecule has 0 saturated heterocycles. The van der Waals surface area contributed by atoms with Gasteiger partial charge in [0.05, 0.1) is 11.0 Å². The molecule has 2 rings (SSSR count). The SMILES string of the molecule is CC(C)C(O)CNC(=O)c1sccc1-c1ccccc1. The van der Waals surface area contributed by atoms with Gasteiger partial charge in [-0.15, -0.1) is 11.3 Å². The van der Waals surface area contributed by atoms with Gasteiger partial charge in [0.15, 0.2) is 0 Å². The minimum absolute atomic E-state index is 0.126. The fourth-order valence-electron chi connectivity index (χ4n) is 1.84. The average Bonchev–Trinajstić information content (AvgIpc) is 2.94. The smallest absolute Gasteiger partial charge is 0.262 e. The highest BCUT2D eigenvalue weighted by molar-refractivity contribution is 7.12. The third-order valence-electron chi connectivity index (χ3n) is 3.20. The van der Waals surface area contributed by atoms with E-state index in [4.69, 9.17) is 0 Å². The summed E-state index contributed by atoms with van der Waals surface area (Å²) >= 11 is 1.42. The summed E-state index contributed by atoms with van der Waals surface area (Å²) in [6.07, 6.45) is -0.515. The van der Waals surface area contributed by atoms with E-state index < -0.39 is 6.10 Å². The largest absolute Gasteiger partial charge is 0.391 e. The molecule has 1 aromatic carbocycles. The maximum absolute atomic E-state index is 12.2. The van der Waals surface area contributed by atoms with E-state index >= 15 is 0 Å². The number of thiophene rings is 1. The van der Waals surface area contributed by atoms with E-state index in [-0.39, 0.29) is 18.4 Å². The van der Waals surface area contributed by atoms with Crippen molar-refractivity contribution in [3.8, 4) is 11.1 Å². The van der Waals surface area contributed by atoms with Crippen LogP contribution in [0.2, 0.25) is 0 Å². The van der Waals surface area contributed by atoms with Gasteiger partial charge in [-0.3, -0.25) is 4.79 Å². The molecule has 0 spiro atoms. The number of rotatable bonds is 5. The highest BCUT2D eigenvalue weighted by Gasteiger charge is 2.16. The fourth-order valence-corrected chi connectivity index (χ4v) is 2.68. The summed E-state index contributed by atoms with van der Waals surface area (Å²) in [7, 11) is 0. The molecule has 2 N–H and O–H groups in total. The zero-order valence-electron chi connectivity index (χ0n) is 11.7. The second-order valence-corrected chi connectivity index (χ2v) is 5.97. The van der Waals surface area contributed by atoms with Gasteiger partial charge in [0.1, 0.15) is 0 Å². The molecule has 106 valence electrons. The molecule has 1 unspecified atom stereocenters. The topological polar surface area (TPSA) is 49.3 Å². The van der Waals surface area contributed by atoms with Crippen molar-refractivity contribution in [2.45, 2.75) is 20.0 Å². The number of carbonyl (C=O) groups is 1. The van der Waals surface area contributed by atoms with Crippen molar-refractivity contribution >= 4 is 17.2 Å². The van der Waals surface area contributed by atoms with Crippen LogP contribution in [-0.2, 0) is 0 Å². The Morgan fingerprint density at radius 3 is 2.60 bits per heavy atom. The van der Waals surface area contributed by atoms with E-state index in [0.29, 0.717) is 4.88 Å². The average molecular weight is 289 g/mol. The van der Waals surface area contributed by atoms with E-state index in [1.807, 2.05) is 55.6 Å². The van der Waals surface area contributed by atoms with Crippen LogP contribution in [0.4, 0.5) is 0 Å². The van der Waals surface area contributed by atoms with Gasteiger partial charge in [-0.05, 0) is 22.9 Å². The van der Waals surface area contributed by atoms with Gasteiger partial charge < -0.3 is 10.4 Å². The normalized spacial score (nSPS) is 12.4. The molecule has 20 heavy (non-hydrogen) atoms. The van der Waals surface area contributed by atoms with Gasteiger partial charge in [-0.2, -0.15) is 0 Å². The molecule has 3 nitrogen and oxygen atoms in total. The van der Waals surface area contributed by atoms with Crippen molar-refractivity contribution in [3.05, 3.63) is 46.7 Å². The highest BCUT2D eigenvalue weighted by Crippen LogP contribution is 2.27. The Balaban J connectivity index is 2.10. The molecule has 1 heterocycles. The lowest BCUT2D eigenvalue weighted by molar-refractivity contribution is 0.0876. The molecule has 0 aliphatic carbocycles. The van der Waals surface area contributed by atoms with Crippen LogP contribution in [0.5, 0.6) is 0 Å². The van der Waals surface area contributed by atoms with Gasteiger partial charge >= 0.3 is 0 Å². The second kappa shape index (κ2) is 6.68. The molecule has 1 atom stereocenters. The highest BCUT2D eigenvalue weighted by atomic mass is 32.1. The van der Waals surface area contributed by atoms with Crippen LogP contribution in [0.3, 0.4) is 0 Å². The van der Waals surface area contributed by atoms with Gasteiger partial charge in [0.25, 0.3) is 5.91 Å². The number of aliphatic hydroxyl groups is 1. The molecular formula is C16H19NO2S. The molecule has 0 radical (unpaired) electrons. The second-order valence-electron chi connectivity index (χ2n) is 5.05. The summed E-state index contributed by atoms with van der Waals surface area (Å²) in [5.41, 5.74) is 1.97. The zero-order chi connectivity index (χ0) is 14.5. The molecule has 4 heteroatoms. The van der Waals surface area contributed by atoms with Crippen LogP contribution >= 0.6 is 11.3 Å². The Kier molecular flexibility index (Phi) is 4.93. The van der Waals surface area contributed by atoms with E-state index in [1.165, 1.54) is 11.3 Å². The van der Waals surface area contributed by atoms with Crippen LogP contribution in [0.15, 0.2) is 41.8 Å². The van der Waals surface area contributed by atoms with E-state index in [2.05, 4.69) is 5.32 Å². The van der Waals surface area contributed by atoms with Gasteiger partial charge in [0.2, 0.25) is 0 Å². The van der Waals surface area contributed by atoms with Crippen molar-refractivity contribution in [3.63, 3.8) is 0 Å². The lowest BCUT2D eigenvalue weighted by atomic mass is 10.1. The zero-order valence-corrected chi connectivity index (χ0v) is 12.5. The standard InChI is InChI=1S/C16H19NO2S/c1-11(2)14(18)10-17-16(19)15-13(8-9-20-15)12-6-4-3-5-7-12/h3-9,11,14,18H,10H2,1-2H3,(H,17,19). The third-order valence-corrected chi connectivity index (χ3v) is 4.11. The lowest BCUT2D eigenvalue weighted by Crippen LogP contribution is -2.34. The maximum Gasteiger partial charge on any atom is 0.262 e. The molecule has 0 saturated carbocycles. The predicted molar refractivity (Wildman–Crippen MR) is 82.9 cm³/mol. The Labute approximate surface area is 123 Å². The molecule has 0 aliphatic rings. The van der Waals surface area contributed by atoms with E-state index in [0.717, 1.165) is 11.1 Å². The van der Waals surface area contributed by atoms with Crippen molar-refractivity contribution in [2.24, 2.45) is 5.92 Å². The Bertz CT molecular complexity index is 563. The van der Waals surface area contributed by atoms with Crippen LogP contribution in [0.1, 0.15) is 23.5 Å². The third kappa shape index (κ3) is 3.46. The number of hydrogen-bond donors (Lipinski definition) is 2. The predicted octanol–water partition coefficient (Wildman–Crippen LogP) is 3.16. The molecule has 0 aliphatic heterocycles. The van der Waals surface area contributed by atoms with Crippen molar-refractivity contribution < 1.29 is 9.90 Å². The summed E-state index contributed by atoms with van der Waals surface area (Å²) in [6.45, 7) is 4.14. The van der Waals surface area contributed by atoms with Crippen LogP contribution in [-0.4, -0.2) is 23.7 Å². The van der Waals surface area contributed by atoms with E-state index in [1.54, 1.807) is 0 Å². The quantitative estimate of drug-likeness (QED) is 0.888. The van der Waals surface area contributed by atoms with Crippen LogP contribution in [0, 0.1) is 5.92 Å². The number of amides is 1. The van der Waals surface area contributed by atoms with Crippen LogP contribution < -0.4 is 5.32 Å². The number of carbonyl (C=O) groups excluding carboxylic acids is 1. The minimum atomic E-state index is -0.515. The molecular weight excluding hydrogens is 270 g/mol. The molecule has 2 aromatic rings. The summed E-state index contributed by atoms with van der Waals surface area (Å²) in [4.78, 5) is 12.9. The monoisotopic (exact) mass is 289 g/mol. The number of hydrogen-bond acceptors (Lipinski definition) is 3. The molecule has 1 amide bonds. The van der Waals surface area contributed by atoms with Gasteiger partial charge in [0, 0.05) is 12.1 Å². The van der Waals surface area contributed by atoms with E-state index in [9.17, 15) is 9.90 Å². The Morgan fingerprint density at radius 2 is 1.95 bits per heavy atom. The van der Waals surface area contributed by atoms with Crippen molar-refractivity contribution in [2.75, 3.05) is 6.54 Å².